The van der Waals surface area contributed by atoms with Crippen LogP contribution < -0.4 is 0 Å². The van der Waals surface area contributed by atoms with Crippen LogP contribution >= 0.6 is 35.6 Å². The van der Waals surface area contributed by atoms with E-state index in [1.165, 1.54) is 19.5 Å². The van der Waals surface area contributed by atoms with Gasteiger partial charge in [0.15, 0.2) is 0 Å². The lowest BCUT2D eigenvalue weighted by atomic mass is 10.1. The van der Waals surface area contributed by atoms with Crippen molar-refractivity contribution in [1.82, 2.24) is 4.90 Å². The monoisotopic (exact) mass is 265 g/mol. The minimum Gasteiger partial charge on any atom is -0.301 e. The summed E-state index contributed by atoms with van der Waals surface area (Å²) in [6.45, 7) is 3.26. The van der Waals surface area contributed by atoms with Crippen LogP contribution in [0.25, 0.3) is 0 Å². The second-order valence-corrected chi connectivity index (χ2v) is 4.58. The van der Waals surface area contributed by atoms with Crippen molar-refractivity contribution in [3.63, 3.8) is 0 Å². The van der Waals surface area contributed by atoms with Crippen molar-refractivity contribution in [3.05, 3.63) is 34.9 Å². The highest BCUT2D eigenvalue weighted by atomic mass is 35.5. The molecule has 2 rings (SSSR count). The minimum absolute atomic E-state index is 0. The Labute approximate surface area is 107 Å². The van der Waals surface area contributed by atoms with Gasteiger partial charge < -0.3 is 4.90 Å². The third-order valence-corrected chi connectivity index (χ3v) is 3.33. The predicted octanol–water partition coefficient (Wildman–Crippen LogP) is 3.75. The van der Waals surface area contributed by atoms with Crippen LogP contribution in [0.2, 0.25) is 5.02 Å². The molecule has 84 valence electrons. The number of halogens is 3. The fourth-order valence-corrected chi connectivity index (χ4v) is 2.33. The number of hydrogen-bond acceptors (Lipinski definition) is 1. The Morgan fingerprint density at radius 3 is 2.47 bits per heavy atom. The largest absolute Gasteiger partial charge is 0.301 e. The molecule has 0 bridgehead atoms. The van der Waals surface area contributed by atoms with Crippen molar-refractivity contribution in [2.24, 2.45) is 0 Å². The van der Waals surface area contributed by atoms with Gasteiger partial charge >= 0.3 is 0 Å². The summed E-state index contributed by atoms with van der Waals surface area (Å²) in [6, 6.07) is 7.80. The Hall–Kier alpha value is 0.0500. The first-order valence-electron chi connectivity index (χ1n) is 4.88. The topological polar surface area (TPSA) is 3.24 Å². The predicted molar refractivity (Wildman–Crippen MR) is 68.4 cm³/mol. The van der Waals surface area contributed by atoms with Crippen LogP contribution in [0.5, 0.6) is 0 Å². The lowest BCUT2D eigenvalue weighted by molar-refractivity contribution is 0.181. The summed E-state index contributed by atoms with van der Waals surface area (Å²) < 4.78 is 0. The zero-order chi connectivity index (χ0) is 9.97. The van der Waals surface area contributed by atoms with Crippen molar-refractivity contribution in [3.8, 4) is 0 Å². The van der Waals surface area contributed by atoms with Crippen molar-refractivity contribution in [2.45, 2.75) is 11.8 Å². The zero-order valence-corrected chi connectivity index (χ0v) is 10.7. The lowest BCUT2D eigenvalue weighted by Gasteiger charge is -2.32. The van der Waals surface area contributed by atoms with Gasteiger partial charge in [-0.2, -0.15) is 0 Å². The molecule has 1 fully saturated rings. The second-order valence-electron chi connectivity index (χ2n) is 3.64. The first-order valence-corrected chi connectivity index (χ1v) is 5.69. The van der Waals surface area contributed by atoms with E-state index in [1.54, 1.807) is 0 Å². The molecule has 0 saturated carbocycles. The number of likely N-dealkylation sites (tertiary alicyclic amines) is 1. The standard InChI is InChI=1S/C11H13Cl2N.ClH/c12-10-5-2-1-4-9(10)11(13)8-14-6-3-7-14;/h1-2,4-5,11H,3,6-8H2;1H. The number of rotatable bonds is 3. The van der Waals surface area contributed by atoms with Gasteiger partial charge in [0.25, 0.3) is 0 Å². The van der Waals surface area contributed by atoms with E-state index < -0.39 is 0 Å². The molecule has 15 heavy (non-hydrogen) atoms. The third kappa shape index (κ3) is 3.25. The van der Waals surface area contributed by atoms with Crippen LogP contribution in [0, 0.1) is 0 Å². The van der Waals surface area contributed by atoms with Gasteiger partial charge in [0.1, 0.15) is 0 Å². The van der Waals surface area contributed by atoms with Crippen molar-refractivity contribution < 1.29 is 0 Å². The zero-order valence-electron chi connectivity index (χ0n) is 8.33. The van der Waals surface area contributed by atoms with Crippen LogP contribution in [0.15, 0.2) is 24.3 Å². The summed E-state index contributed by atoms with van der Waals surface area (Å²) >= 11 is 12.4. The molecule has 1 aromatic rings. The Bertz CT molecular complexity index is 312. The van der Waals surface area contributed by atoms with Crippen LogP contribution in [-0.2, 0) is 0 Å². The number of nitrogens with zero attached hydrogens (tertiary/aromatic N) is 1. The summed E-state index contributed by atoms with van der Waals surface area (Å²) in [5, 5.41) is 0.789. The van der Waals surface area contributed by atoms with E-state index in [0.29, 0.717) is 0 Å². The number of hydrogen-bond donors (Lipinski definition) is 0. The number of alkyl halides is 1. The van der Waals surface area contributed by atoms with Crippen molar-refractivity contribution in [1.29, 1.82) is 0 Å². The Morgan fingerprint density at radius 2 is 1.93 bits per heavy atom. The molecule has 1 nitrogen and oxygen atoms in total. The van der Waals surface area contributed by atoms with Crippen LogP contribution in [0.3, 0.4) is 0 Å². The molecule has 0 aliphatic carbocycles. The van der Waals surface area contributed by atoms with E-state index in [-0.39, 0.29) is 17.8 Å². The van der Waals surface area contributed by atoms with Crippen LogP contribution in [0.4, 0.5) is 0 Å². The molecule has 1 atom stereocenters. The first kappa shape index (κ1) is 13.1. The molecule has 1 heterocycles. The fourth-order valence-electron chi connectivity index (χ4n) is 1.62. The van der Waals surface area contributed by atoms with Gasteiger partial charge in [0.05, 0.1) is 5.38 Å². The summed E-state index contributed by atoms with van der Waals surface area (Å²) in [5.74, 6) is 0. The molecule has 1 aromatic carbocycles. The molecule has 1 aliphatic rings. The maximum atomic E-state index is 6.29. The van der Waals surface area contributed by atoms with Gasteiger partial charge in [0, 0.05) is 11.6 Å². The first-order chi connectivity index (χ1) is 6.77. The molecule has 0 aromatic heterocycles. The molecular formula is C11H14Cl3N. The van der Waals surface area contributed by atoms with Crippen molar-refractivity contribution in [2.75, 3.05) is 19.6 Å². The molecule has 4 heteroatoms. The summed E-state index contributed by atoms with van der Waals surface area (Å²) in [5.41, 5.74) is 1.04. The van der Waals surface area contributed by atoms with Crippen molar-refractivity contribution >= 4 is 35.6 Å². The quantitative estimate of drug-likeness (QED) is 0.753. The molecule has 0 amide bonds. The average molecular weight is 267 g/mol. The summed E-state index contributed by atoms with van der Waals surface area (Å²) in [4.78, 5) is 2.35. The molecule has 0 radical (unpaired) electrons. The summed E-state index contributed by atoms with van der Waals surface area (Å²) in [7, 11) is 0. The molecule has 0 N–H and O–H groups in total. The van der Waals surface area contributed by atoms with E-state index in [4.69, 9.17) is 23.2 Å². The van der Waals surface area contributed by atoms with E-state index in [1.807, 2.05) is 24.3 Å². The summed E-state index contributed by atoms with van der Waals surface area (Å²) in [6.07, 6.45) is 1.30. The Kier molecular flexibility index (Phi) is 5.20. The van der Waals surface area contributed by atoms with Gasteiger partial charge in [-0.05, 0) is 31.1 Å². The molecule has 1 aliphatic heterocycles. The maximum absolute atomic E-state index is 6.29. The smallest absolute Gasteiger partial charge is 0.0726 e. The van der Waals surface area contributed by atoms with Crippen LogP contribution in [-0.4, -0.2) is 24.5 Å². The van der Waals surface area contributed by atoms with E-state index in [0.717, 1.165) is 17.1 Å². The average Bonchev–Trinajstić information content (AvgIpc) is 2.12. The molecule has 1 unspecified atom stereocenters. The molecular weight excluding hydrogens is 252 g/mol. The normalized spacial score (nSPS) is 17.7. The van der Waals surface area contributed by atoms with Gasteiger partial charge in [0.2, 0.25) is 0 Å². The van der Waals surface area contributed by atoms with E-state index in [9.17, 15) is 0 Å². The third-order valence-electron chi connectivity index (χ3n) is 2.61. The molecule has 0 spiro atoms. The lowest BCUT2D eigenvalue weighted by Crippen LogP contribution is -2.39. The van der Waals surface area contributed by atoms with Gasteiger partial charge in [-0.3, -0.25) is 0 Å². The van der Waals surface area contributed by atoms with E-state index in [2.05, 4.69) is 4.90 Å². The Morgan fingerprint density at radius 1 is 1.27 bits per heavy atom. The molecule has 1 saturated heterocycles. The SMILES string of the molecule is Cl.Clc1ccccc1C(Cl)CN1CCC1. The van der Waals surface area contributed by atoms with Gasteiger partial charge in [-0.25, -0.2) is 0 Å². The minimum atomic E-state index is 0. The highest BCUT2D eigenvalue weighted by Crippen LogP contribution is 2.29. The highest BCUT2D eigenvalue weighted by Gasteiger charge is 2.19. The second kappa shape index (κ2) is 5.95. The van der Waals surface area contributed by atoms with Gasteiger partial charge in [-0.15, -0.1) is 24.0 Å². The highest BCUT2D eigenvalue weighted by molar-refractivity contribution is 6.32. The Balaban J connectivity index is 0.00000112. The fraction of sp³-hybridized carbons (Fsp3) is 0.455. The maximum Gasteiger partial charge on any atom is 0.0726 e. The number of benzene rings is 1. The van der Waals surface area contributed by atoms with Crippen LogP contribution in [0.1, 0.15) is 17.4 Å². The van der Waals surface area contributed by atoms with E-state index >= 15 is 0 Å². The van der Waals surface area contributed by atoms with Gasteiger partial charge in [-0.1, -0.05) is 29.8 Å².